The van der Waals surface area contributed by atoms with Gasteiger partial charge in [-0.1, -0.05) is 97.1 Å². The lowest BCUT2D eigenvalue weighted by molar-refractivity contribution is -0.159. The molecule has 612 valence electrons. The number of nitrogens with one attached hydrogen (secondary N) is 12. The summed E-state index contributed by atoms with van der Waals surface area (Å²) < 4.78 is 21.5. The van der Waals surface area contributed by atoms with Gasteiger partial charge in [-0.3, -0.25) is 0 Å². The summed E-state index contributed by atoms with van der Waals surface area (Å²) in [5.74, 6) is -4.84. The molecule has 8 aromatic carbocycles. The zero-order valence-electron chi connectivity index (χ0n) is 61.2. The molecule has 37 heteroatoms. The number of aliphatic hydroxyl groups excluding tert-OH is 4. The molecule has 0 fully saturated rings. The van der Waals surface area contributed by atoms with Crippen LogP contribution in [0.1, 0.15) is 0 Å². The second-order valence-electron chi connectivity index (χ2n) is 22.9. The van der Waals surface area contributed by atoms with E-state index < -0.39 is 48.3 Å². The molecule has 8 rings (SSSR count). The van der Waals surface area contributed by atoms with E-state index in [1.165, 1.54) is 24.3 Å². The fourth-order valence-electron chi connectivity index (χ4n) is 8.22. The van der Waals surface area contributed by atoms with Crippen LogP contribution in [0, 0.1) is 0 Å². The Bertz CT molecular complexity index is 3480. The van der Waals surface area contributed by atoms with Gasteiger partial charge in [0, 0.05) is 126 Å². The van der Waals surface area contributed by atoms with E-state index in [0.29, 0.717) is 102 Å². The summed E-state index contributed by atoms with van der Waals surface area (Å²) in [6.07, 6.45) is -2.78. The number of para-hydroxylation sites is 4. The molecule has 0 aliphatic rings. The van der Waals surface area contributed by atoms with Crippen molar-refractivity contribution in [2.24, 2.45) is 0 Å². The average molecular weight is 1580 g/mol. The average Bonchev–Trinajstić information content (AvgIpc) is 0.914. The van der Waals surface area contributed by atoms with Crippen molar-refractivity contribution >= 4 is 70.8 Å². The Labute approximate surface area is 649 Å². The summed E-state index contributed by atoms with van der Waals surface area (Å²) >= 11 is 0. The summed E-state index contributed by atoms with van der Waals surface area (Å²) in [5.41, 5.74) is 2.92. The molecule has 0 radical (unpaired) electrons. The number of urea groups is 4. The maximum Gasteiger partial charge on any atom is 0.414 e. The van der Waals surface area contributed by atoms with Crippen LogP contribution in [0.15, 0.2) is 218 Å². The Balaban J connectivity index is 0.000000485. The first-order valence-corrected chi connectivity index (χ1v) is 34.4. The van der Waals surface area contributed by atoms with E-state index in [2.05, 4.69) is 63.8 Å². The molecule has 0 aliphatic carbocycles. The topological polar surface area (TPSA) is 592 Å². The van der Waals surface area contributed by atoms with Crippen LogP contribution in [0.2, 0.25) is 0 Å². The van der Waals surface area contributed by atoms with E-state index in [0.717, 1.165) is 22.7 Å². The van der Waals surface area contributed by atoms with E-state index in [-0.39, 0.29) is 79.0 Å². The van der Waals surface area contributed by atoms with Crippen molar-refractivity contribution in [1.82, 2.24) is 42.5 Å². The molecule has 4 atom stereocenters. The highest BCUT2D eigenvalue weighted by Crippen LogP contribution is 2.21. The number of ether oxygens (including phenoxy) is 4. The van der Waals surface area contributed by atoms with Gasteiger partial charge in [0.2, 0.25) is 0 Å². The molecule has 8 amide bonds. The van der Waals surface area contributed by atoms with Gasteiger partial charge in [0.05, 0.1) is 0 Å². The van der Waals surface area contributed by atoms with Gasteiger partial charge in [-0.25, -0.2) is 38.4 Å². The first kappa shape index (κ1) is 95.8. The molecular formula is C76H98N12O25. The van der Waals surface area contributed by atoms with Gasteiger partial charge in [-0.2, -0.15) is 0 Å². The van der Waals surface area contributed by atoms with Gasteiger partial charge in [0.15, 0.2) is 0 Å². The third-order valence-electron chi connectivity index (χ3n) is 13.4. The number of anilines is 4. The highest BCUT2D eigenvalue weighted by atomic mass is 16.5. The summed E-state index contributed by atoms with van der Waals surface area (Å²) in [6, 6.07) is 61.2. The number of aliphatic hydroxyl groups is 4. The van der Waals surface area contributed by atoms with Crippen molar-refractivity contribution in [3.05, 3.63) is 218 Å². The number of carboxylic acid groups (broad SMARTS) is 4. The van der Waals surface area contributed by atoms with E-state index in [4.69, 9.17) is 58.6 Å². The number of phenols is 4. The Morgan fingerprint density at radius 1 is 0.265 bits per heavy atom. The van der Waals surface area contributed by atoms with Gasteiger partial charge in [0.25, 0.3) is 0 Å². The van der Waals surface area contributed by atoms with Gasteiger partial charge < -0.3 is 150 Å². The number of carbonyl (C=O) groups excluding carboxylic acids is 4. The Kier molecular flexibility index (Phi) is 49.8. The smallest absolute Gasteiger partial charge is 0.414 e. The van der Waals surface area contributed by atoms with Crippen LogP contribution in [0.5, 0.6) is 46.0 Å². The van der Waals surface area contributed by atoms with E-state index in [1.807, 2.05) is 72.8 Å². The van der Waals surface area contributed by atoms with E-state index in [1.54, 1.807) is 121 Å². The molecule has 0 bridgehead atoms. The zero-order chi connectivity index (χ0) is 81.9. The number of amides is 8. The maximum atomic E-state index is 11.7. The minimum absolute atomic E-state index is 0. The standard InChI is InChI=1S/4C18H23N3O4.2C2H2O4.H2O/c4*22-15-7-4-8-17(11-15)25-13-16(23)12-19-9-10-20-18(24)21-14-5-2-1-3-6-14;2*3-1(4)2(5)6;/h4*1-8,11,16,19,22-23H,9-10,12-13H2,(H2,20,21,24);2*(H,3,4)(H,5,6);1H2. The highest BCUT2D eigenvalue weighted by molar-refractivity contribution is 6.28. The summed E-state index contributed by atoms with van der Waals surface area (Å²) in [7, 11) is 0. The van der Waals surface area contributed by atoms with Crippen LogP contribution in [0.3, 0.4) is 0 Å². The van der Waals surface area contributed by atoms with Gasteiger partial charge in [-0.05, 0) is 97.1 Å². The quantitative estimate of drug-likeness (QED) is 0.0197. The lowest BCUT2D eigenvalue weighted by Gasteiger charge is -2.14. The fraction of sp³-hybridized carbons (Fsp3) is 0.263. The number of hydrogen-bond acceptors (Lipinski definition) is 24. The molecule has 0 aromatic heterocycles. The lowest BCUT2D eigenvalue weighted by atomic mass is 10.3. The van der Waals surface area contributed by atoms with E-state index in [9.17, 15) is 60.0 Å². The van der Waals surface area contributed by atoms with Crippen LogP contribution < -0.4 is 82.7 Å². The summed E-state index contributed by atoms with van der Waals surface area (Å²) in [6.45, 7) is 5.57. The van der Waals surface area contributed by atoms with Crippen LogP contribution in [-0.4, -0.2) is 244 Å². The normalized spacial score (nSPS) is 11.0. The van der Waals surface area contributed by atoms with Crippen molar-refractivity contribution in [2.45, 2.75) is 24.4 Å². The molecule has 0 heterocycles. The van der Waals surface area contributed by atoms with Crippen molar-refractivity contribution in [3.8, 4) is 46.0 Å². The highest BCUT2D eigenvalue weighted by Gasteiger charge is 2.12. The Hall–Kier alpha value is -13.2. The number of hydrogen-bond donors (Lipinski definition) is 24. The molecule has 0 aliphatic heterocycles. The maximum absolute atomic E-state index is 11.7. The largest absolute Gasteiger partial charge is 0.508 e. The lowest BCUT2D eigenvalue weighted by Crippen LogP contribution is -2.38. The number of phenolic OH excluding ortho intramolecular Hbond substituents is 4. The van der Waals surface area contributed by atoms with Crippen LogP contribution in [-0.2, 0) is 19.2 Å². The molecular weight excluding hydrogens is 1480 g/mol. The number of benzene rings is 8. The fourth-order valence-corrected chi connectivity index (χ4v) is 8.22. The molecule has 26 N–H and O–H groups in total. The minimum atomic E-state index is -1.82. The number of rotatable bonds is 36. The van der Waals surface area contributed by atoms with Crippen LogP contribution >= 0.6 is 0 Å². The number of carbonyl (C=O) groups is 8. The van der Waals surface area contributed by atoms with Crippen molar-refractivity contribution < 1.29 is 124 Å². The summed E-state index contributed by atoms with van der Waals surface area (Å²) in [5, 5.41) is 140. The minimum Gasteiger partial charge on any atom is -0.508 e. The zero-order valence-corrected chi connectivity index (χ0v) is 61.2. The van der Waals surface area contributed by atoms with Gasteiger partial charge in [0.1, 0.15) is 96.8 Å². The van der Waals surface area contributed by atoms with Crippen molar-refractivity contribution in [2.75, 3.05) is 126 Å². The molecule has 8 aromatic rings. The molecule has 0 saturated heterocycles. The van der Waals surface area contributed by atoms with Crippen LogP contribution in [0.4, 0.5) is 41.9 Å². The third kappa shape index (κ3) is 50.9. The number of aromatic hydroxyl groups is 4. The molecule has 4 unspecified atom stereocenters. The van der Waals surface area contributed by atoms with Gasteiger partial charge >= 0.3 is 48.0 Å². The predicted molar refractivity (Wildman–Crippen MR) is 418 cm³/mol. The second kappa shape index (κ2) is 58.7. The first-order valence-electron chi connectivity index (χ1n) is 34.4. The Morgan fingerprint density at radius 2 is 0.451 bits per heavy atom. The van der Waals surface area contributed by atoms with Crippen molar-refractivity contribution in [3.63, 3.8) is 0 Å². The Morgan fingerprint density at radius 3 is 0.619 bits per heavy atom. The van der Waals surface area contributed by atoms with Gasteiger partial charge in [-0.15, -0.1) is 0 Å². The molecule has 0 saturated carbocycles. The predicted octanol–water partition coefficient (Wildman–Crippen LogP) is 3.66. The second-order valence-corrected chi connectivity index (χ2v) is 22.9. The van der Waals surface area contributed by atoms with E-state index >= 15 is 0 Å². The van der Waals surface area contributed by atoms with Crippen molar-refractivity contribution in [1.29, 1.82) is 0 Å². The number of aliphatic carboxylic acids is 4. The molecule has 0 spiro atoms. The summed E-state index contributed by atoms with van der Waals surface area (Å²) in [4.78, 5) is 83.0. The van der Waals surface area contributed by atoms with Crippen LogP contribution in [0.25, 0.3) is 0 Å². The number of carboxylic acids is 4. The monoisotopic (exact) mass is 1580 g/mol. The first-order chi connectivity index (χ1) is 53.8. The third-order valence-corrected chi connectivity index (χ3v) is 13.4. The molecule has 113 heavy (non-hydrogen) atoms. The molecule has 37 nitrogen and oxygen atoms in total. The SMILES string of the molecule is O.O=C(NCCNCC(O)COc1cccc(O)c1)Nc1ccccc1.O=C(NCCNCC(O)COc1cccc(O)c1)Nc1ccccc1.O=C(NCCNCC(O)COc1cccc(O)c1)Nc1ccccc1.O=C(NCCNCC(O)COc1cccc(O)c1)Nc1ccccc1.O=C(O)C(=O)O.O=C(O)C(=O)O.